The van der Waals surface area contributed by atoms with Crippen LogP contribution in [0.5, 0.6) is 5.88 Å². The summed E-state index contributed by atoms with van der Waals surface area (Å²) in [4.78, 5) is 3.43. The van der Waals surface area contributed by atoms with Crippen molar-refractivity contribution in [2.45, 2.75) is 33.1 Å². The van der Waals surface area contributed by atoms with E-state index < -0.39 is 11.9 Å². The van der Waals surface area contributed by atoms with Crippen LogP contribution in [0.3, 0.4) is 0 Å². The molecule has 1 rings (SSSR count). The van der Waals surface area contributed by atoms with Gasteiger partial charge in [0.1, 0.15) is 5.69 Å². The van der Waals surface area contributed by atoms with E-state index in [-0.39, 0.29) is 23.4 Å². The Balaban J connectivity index is 3.21. The number of nitrogens with two attached hydrogens (primary N) is 1. The molecule has 0 radical (unpaired) electrons. The minimum atomic E-state index is -4.60. The molecule has 1 heterocycles. The van der Waals surface area contributed by atoms with Gasteiger partial charge in [0.15, 0.2) is 5.84 Å². The van der Waals surface area contributed by atoms with Crippen molar-refractivity contribution in [1.82, 2.24) is 10.4 Å². The van der Waals surface area contributed by atoms with E-state index in [1.807, 2.05) is 0 Å². The number of ether oxygens (including phenoxy) is 1. The number of halogens is 3. The molecule has 0 bridgehead atoms. The van der Waals surface area contributed by atoms with Crippen LogP contribution in [-0.4, -0.2) is 16.9 Å². The summed E-state index contributed by atoms with van der Waals surface area (Å²) >= 11 is 0. The molecule has 0 unspecified atom stereocenters. The van der Waals surface area contributed by atoms with Crippen molar-refractivity contribution in [3.05, 3.63) is 35.7 Å². The molecule has 1 aromatic heterocycles. The summed E-state index contributed by atoms with van der Waals surface area (Å²) in [5.74, 6) is -0.256. The molecule has 116 valence electrons. The zero-order chi connectivity index (χ0) is 16.0. The molecule has 8 heteroatoms. The van der Waals surface area contributed by atoms with Gasteiger partial charge in [0.25, 0.3) is 0 Å². The van der Waals surface area contributed by atoms with Gasteiger partial charge in [-0.2, -0.15) is 18.3 Å². The van der Waals surface area contributed by atoms with E-state index in [1.165, 1.54) is 12.3 Å². The van der Waals surface area contributed by atoms with Gasteiger partial charge in [0, 0.05) is 17.8 Å². The topological polar surface area (TPSA) is 72.5 Å². The van der Waals surface area contributed by atoms with E-state index in [9.17, 15) is 13.2 Å². The van der Waals surface area contributed by atoms with Crippen molar-refractivity contribution >= 4 is 5.84 Å². The Morgan fingerprint density at radius 3 is 2.62 bits per heavy atom. The van der Waals surface area contributed by atoms with E-state index >= 15 is 0 Å². The van der Waals surface area contributed by atoms with E-state index in [0.29, 0.717) is 0 Å². The number of amidine groups is 1. The molecule has 0 aromatic carbocycles. The highest BCUT2D eigenvalue weighted by molar-refractivity contribution is 5.97. The molecule has 0 saturated heterocycles. The third-order valence-corrected chi connectivity index (χ3v) is 2.17. The summed E-state index contributed by atoms with van der Waals surface area (Å²) in [6.45, 7) is 5.13. The largest absolute Gasteiger partial charge is 0.475 e. The summed E-state index contributed by atoms with van der Waals surface area (Å²) in [5, 5.41) is 3.73. The van der Waals surface area contributed by atoms with E-state index in [4.69, 9.17) is 10.5 Å². The first-order valence-corrected chi connectivity index (χ1v) is 6.20. The minimum Gasteiger partial charge on any atom is -0.475 e. The monoisotopic (exact) mass is 302 g/mol. The molecule has 21 heavy (non-hydrogen) atoms. The summed E-state index contributed by atoms with van der Waals surface area (Å²) in [5.41, 5.74) is 7.13. The number of pyridine rings is 1. The highest BCUT2D eigenvalue weighted by Crippen LogP contribution is 2.30. The van der Waals surface area contributed by atoms with Crippen molar-refractivity contribution in [1.29, 1.82) is 0 Å². The second-order valence-corrected chi connectivity index (χ2v) is 4.37. The van der Waals surface area contributed by atoms with Gasteiger partial charge in [-0.1, -0.05) is 6.08 Å². The van der Waals surface area contributed by atoms with Gasteiger partial charge in [0.2, 0.25) is 5.88 Å². The molecule has 0 saturated carbocycles. The Morgan fingerprint density at radius 2 is 2.10 bits per heavy atom. The highest BCUT2D eigenvalue weighted by atomic mass is 19.4. The quantitative estimate of drug-likeness (QED) is 0.498. The zero-order valence-electron chi connectivity index (χ0n) is 11.9. The number of allylic oxidation sites excluding steroid dienone is 1. The molecular formula is C13H17F3N4O. The van der Waals surface area contributed by atoms with Crippen LogP contribution >= 0.6 is 0 Å². The third-order valence-electron chi connectivity index (χ3n) is 2.17. The maximum atomic E-state index is 12.8. The normalized spacial score (nSPS) is 13.0. The van der Waals surface area contributed by atoms with Crippen LogP contribution in [0.1, 0.15) is 32.0 Å². The van der Waals surface area contributed by atoms with Crippen LogP contribution in [0.25, 0.3) is 0 Å². The second-order valence-electron chi connectivity index (χ2n) is 4.37. The molecule has 1 aromatic rings. The number of aromatic nitrogens is 1. The number of alkyl halides is 3. The van der Waals surface area contributed by atoms with Crippen LogP contribution in [0.4, 0.5) is 13.2 Å². The Hall–Kier alpha value is -2.25. The maximum absolute atomic E-state index is 12.8. The lowest BCUT2D eigenvalue weighted by molar-refractivity contribution is -0.141. The Bertz CT molecular complexity index is 539. The highest BCUT2D eigenvalue weighted by Gasteiger charge is 2.33. The molecular weight excluding hydrogens is 285 g/mol. The molecule has 0 amide bonds. The van der Waals surface area contributed by atoms with Gasteiger partial charge in [-0.3, -0.25) is 5.43 Å². The first kappa shape index (κ1) is 16.8. The van der Waals surface area contributed by atoms with Gasteiger partial charge in [-0.15, -0.1) is 0 Å². The van der Waals surface area contributed by atoms with Crippen molar-refractivity contribution in [3.8, 4) is 5.88 Å². The lowest BCUT2D eigenvalue weighted by atomic mass is 10.2. The van der Waals surface area contributed by atoms with Gasteiger partial charge in [-0.05, 0) is 26.8 Å². The van der Waals surface area contributed by atoms with Crippen LogP contribution in [0.2, 0.25) is 0 Å². The molecule has 0 spiro atoms. The molecule has 0 aliphatic carbocycles. The lowest BCUT2D eigenvalue weighted by Crippen LogP contribution is -2.20. The summed E-state index contributed by atoms with van der Waals surface area (Å²) in [7, 11) is 0. The Morgan fingerprint density at radius 1 is 1.43 bits per heavy atom. The van der Waals surface area contributed by atoms with E-state index in [0.717, 1.165) is 6.07 Å². The number of hydrogen-bond donors (Lipinski definition) is 2. The van der Waals surface area contributed by atoms with Crippen molar-refractivity contribution in [2.24, 2.45) is 10.8 Å². The van der Waals surface area contributed by atoms with Crippen LogP contribution in [-0.2, 0) is 6.18 Å². The van der Waals surface area contributed by atoms with Crippen LogP contribution in [0, 0.1) is 0 Å². The number of rotatable bonds is 5. The summed E-state index contributed by atoms with van der Waals surface area (Å²) in [6.07, 6.45) is -1.75. The van der Waals surface area contributed by atoms with Gasteiger partial charge in [-0.25, -0.2) is 4.98 Å². The molecule has 5 nitrogen and oxygen atoms in total. The molecule has 0 aliphatic heterocycles. The minimum absolute atomic E-state index is 0.0741. The van der Waals surface area contributed by atoms with Gasteiger partial charge < -0.3 is 10.5 Å². The fourth-order valence-corrected chi connectivity index (χ4v) is 1.35. The van der Waals surface area contributed by atoms with E-state index in [2.05, 4.69) is 15.5 Å². The number of hydrazone groups is 1. The molecule has 0 atom stereocenters. The number of hydrogen-bond acceptors (Lipinski definition) is 4. The van der Waals surface area contributed by atoms with Crippen LogP contribution in [0.15, 0.2) is 29.5 Å². The number of nitrogens with zero attached hydrogens (tertiary/aromatic N) is 2. The Labute approximate surface area is 120 Å². The van der Waals surface area contributed by atoms with Gasteiger partial charge >= 0.3 is 6.18 Å². The number of nitrogens with one attached hydrogen (secondary N) is 1. The summed E-state index contributed by atoms with van der Waals surface area (Å²) in [6, 6.07) is 2.13. The lowest BCUT2D eigenvalue weighted by Gasteiger charge is -2.13. The van der Waals surface area contributed by atoms with Crippen molar-refractivity contribution < 1.29 is 17.9 Å². The average molecular weight is 302 g/mol. The first-order chi connectivity index (χ1) is 9.74. The smallest absolute Gasteiger partial charge is 0.433 e. The fourth-order valence-electron chi connectivity index (χ4n) is 1.35. The average Bonchev–Trinajstić information content (AvgIpc) is 2.36. The fraction of sp³-hybridized carbons (Fsp3) is 0.385. The maximum Gasteiger partial charge on any atom is 0.433 e. The van der Waals surface area contributed by atoms with Crippen molar-refractivity contribution in [2.75, 3.05) is 0 Å². The Kier molecular flexibility index (Phi) is 5.57. The zero-order valence-corrected chi connectivity index (χ0v) is 11.9. The first-order valence-electron chi connectivity index (χ1n) is 6.20. The predicted molar refractivity (Wildman–Crippen MR) is 73.7 cm³/mol. The van der Waals surface area contributed by atoms with Crippen molar-refractivity contribution in [3.63, 3.8) is 0 Å². The summed E-state index contributed by atoms with van der Waals surface area (Å²) < 4.78 is 43.7. The van der Waals surface area contributed by atoms with Crippen LogP contribution < -0.4 is 15.9 Å². The van der Waals surface area contributed by atoms with Gasteiger partial charge in [0.05, 0.1) is 6.10 Å². The molecule has 0 aliphatic rings. The SMILES string of the molecule is C/C=C\N/N=C(\N)c1cc(OC(C)C)nc(C(F)(F)F)c1. The molecule has 3 N–H and O–H groups in total. The second kappa shape index (κ2) is 6.96. The van der Waals surface area contributed by atoms with E-state index in [1.54, 1.807) is 26.8 Å². The molecule has 0 fully saturated rings. The third kappa shape index (κ3) is 5.33. The predicted octanol–water partition coefficient (Wildman–Crippen LogP) is 2.63. The standard InChI is InChI=1S/C13H17F3N4O/c1-4-5-18-20-12(17)9-6-10(13(14,15)16)19-11(7-9)21-8(2)3/h4-8,18H,1-3H3,(H2,17,20)/b5-4-.